The van der Waals surface area contributed by atoms with E-state index in [1.54, 1.807) is 30.3 Å². The van der Waals surface area contributed by atoms with Gasteiger partial charge in [0.2, 0.25) is 0 Å². The number of amides is 1. The molecule has 1 heterocycles. The van der Waals surface area contributed by atoms with E-state index in [2.05, 4.69) is 5.32 Å². The van der Waals surface area contributed by atoms with Crippen molar-refractivity contribution >= 4 is 64.7 Å². The van der Waals surface area contributed by atoms with Gasteiger partial charge in [0.25, 0.3) is 5.91 Å². The molecular weight excluding hydrogens is 517 g/mol. The van der Waals surface area contributed by atoms with Crippen LogP contribution in [-0.2, 0) is 10.5 Å². The normalized spacial score (nSPS) is 13.9. The molecule has 0 atom stereocenters. The van der Waals surface area contributed by atoms with Gasteiger partial charge in [-0.2, -0.15) is 0 Å². The predicted molar refractivity (Wildman–Crippen MR) is 139 cm³/mol. The molecule has 176 valence electrons. The van der Waals surface area contributed by atoms with Crippen LogP contribution in [0.25, 0.3) is 6.08 Å². The molecule has 2 N–H and O–H groups in total. The van der Waals surface area contributed by atoms with Crippen LogP contribution in [0.2, 0.25) is 10.0 Å². The Hall–Kier alpha value is -2.65. The van der Waals surface area contributed by atoms with E-state index in [0.29, 0.717) is 49.2 Å². The van der Waals surface area contributed by atoms with Crippen molar-refractivity contribution in [3.05, 3.63) is 74.6 Å². The molecule has 0 saturated heterocycles. The molecule has 0 aliphatic carbocycles. The highest BCUT2D eigenvalue weighted by molar-refractivity contribution is 8.04. The second-order valence-electron chi connectivity index (χ2n) is 7.03. The van der Waals surface area contributed by atoms with Crippen molar-refractivity contribution in [1.29, 1.82) is 0 Å². The molecular formula is C24H19Cl2NO5S2. The van der Waals surface area contributed by atoms with Gasteiger partial charge in [0.05, 0.1) is 48.2 Å². The number of nitrogens with one attached hydrogen (secondary N) is 1. The third-order valence-electron chi connectivity index (χ3n) is 4.87. The first kappa shape index (κ1) is 24.5. The van der Waals surface area contributed by atoms with Gasteiger partial charge in [0.1, 0.15) is 23.0 Å². The van der Waals surface area contributed by atoms with Crippen LogP contribution < -0.4 is 19.0 Å². The summed E-state index contributed by atoms with van der Waals surface area (Å²) in [7, 11) is 2.97. The van der Waals surface area contributed by atoms with Crippen molar-refractivity contribution in [2.45, 2.75) is 10.6 Å². The van der Waals surface area contributed by atoms with Crippen LogP contribution in [0.15, 0.2) is 58.3 Å². The number of benzene rings is 3. The average Bonchev–Trinajstić information content (AvgIpc) is 2.82. The highest BCUT2D eigenvalue weighted by atomic mass is 35.5. The first-order chi connectivity index (χ1) is 16.4. The molecule has 3 aromatic carbocycles. The number of carbonyl (C=O) groups is 1. The van der Waals surface area contributed by atoms with E-state index in [1.807, 2.05) is 12.1 Å². The molecule has 0 radical (unpaired) electrons. The van der Waals surface area contributed by atoms with Crippen molar-refractivity contribution in [3.8, 4) is 23.0 Å². The molecule has 3 aromatic rings. The molecule has 1 amide bonds. The van der Waals surface area contributed by atoms with Gasteiger partial charge in [-0.1, -0.05) is 41.0 Å². The monoisotopic (exact) mass is 535 g/mol. The predicted octanol–water partition coefficient (Wildman–Crippen LogP) is 7.03. The summed E-state index contributed by atoms with van der Waals surface area (Å²) in [4.78, 5) is 14.1. The molecule has 6 nitrogen and oxygen atoms in total. The SMILES string of the molecule is COc1cc(O)cc(OC)c1/C=C1\Sc2ccc(OSCc3c(Cl)cccc3Cl)cc2NC1=O. The summed E-state index contributed by atoms with van der Waals surface area (Å²) in [5.74, 6) is 1.57. The summed E-state index contributed by atoms with van der Waals surface area (Å²) in [6, 6.07) is 13.7. The summed E-state index contributed by atoms with van der Waals surface area (Å²) in [5.41, 5.74) is 2.00. The van der Waals surface area contributed by atoms with Gasteiger partial charge in [-0.15, -0.1) is 0 Å². The molecule has 1 aliphatic heterocycles. The lowest BCUT2D eigenvalue weighted by Crippen LogP contribution is -2.17. The third kappa shape index (κ3) is 5.36. The number of halogens is 2. The third-order valence-corrected chi connectivity index (χ3v) is 7.39. The minimum Gasteiger partial charge on any atom is -0.508 e. The maximum absolute atomic E-state index is 12.8. The summed E-state index contributed by atoms with van der Waals surface area (Å²) in [6.07, 6.45) is 1.67. The fourth-order valence-corrected chi connectivity index (χ4v) is 5.55. The van der Waals surface area contributed by atoms with E-state index in [9.17, 15) is 9.90 Å². The number of phenolic OH excluding ortho intramolecular Hbond substituents is 1. The number of methoxy groups -OCH3 is 2. The fraction of sp³-hybridized carbons (Fsp3) is 0.125. The van der Waals surface area contributed by atoms with Crippen molar-refractivity contribution in [2.24, 2.45) is 0 Å². The van der Waals surface area contributed by atoms with Crippen LogP contribution >= 0.6 is 47.0 Å². The maximum atomic E-state index is 12.8. The second kappa shape index (κ2) is 10.7. The molecule has 0 aromatic heterocycles. The molecule has 10 heteroatoms. The topological polar surface area (TPSA) is 77.0 Å². The van der Waals surface area contributed by atoms with Gasteiger partial charge in [0, 0.05) is 38.7 Å². The van der Waals surface area contributed by atoms with Gasteiger partial charge in [-0.05, 0) is 30.3 Å². The van der Waals surface area contributed by atoms with Crippen LogP contribution in [0, 0.1) is 0 Å². The lowest BCUT2D eigenvalue weighted by molar-refractivity contribution is -0.112. The number of fused-ring (bicyclic) bond motifs is 1. The zero-order chi connectivity index (χ0) is 24.2. The molecule has 0 saturated carbocycles. The Kier molecular flexibility index (Phi) is 7.73. The number of phenols is 1. The van der Waals surface area contributed by atoms with E-state index >= 15 is 0 Å². The maximum Gasteiger partial charge on any atom is 0.262 e. The first-order valence-corrected chi connectivity index (χ1v) is 12.4. The molecule has 4 rings (SSSR count). The van der Waals surface area contributed by atoms with Crippen LogP contribution in [0.1, 0.15) is 11.1 Å². The number of thioether (sulfide) groups is 1. The van der Waals surface area contributed by atoms with Crippen molar-refractivity contribution < 1.29 is 23.6 Å². The van der Waals surface area contributed by atoms with Crippen LogP contribution in [0.5, 0.6) is 23.0 Å². The van der Waals surface area contributed by atoms with Gasteiger partial charge < -0.3 is 24.1 Å². The number of anilines is 1. The summed E-state index contributed by atoms with van der Waals surface area (Å²) >= 11 is 14.9. The quantitative estimate of drug-likeness (QED) is 0.248. The van der Waals surface area contributed by atoms with Crippen molar-refractivity contribution in [3.63, 3.8) is 0 Å². The minimum absolute atomic E-state index is 0.00384. The van der Waals surface area contributed by atoms with Crippen LogP contribution in [-0.4, -0.2) is 25.2 Å². The van der Waals surface area contributed by atoms with E-state index < -0.39 is 0 Å². The Morgan fingerprint density at radius 3 is 2.38 bits per heavy atom. The van der Waals surface area contributed by atoms with Crippen molar-refractivity contribution in [2.75, 3.05) is 19.5 Å². The number of hydrogen-bond acceptors (Lipinski definition) is 7. The summed E-state index contributed by atoms with van der Waals surface area (Å²) in [6.45, 7) is 0. The van der Waals surface area contributed by atoms with Crippen LogP contribution in [0.4, 0.5) is 5.69 Å². The van der Waals surface area contributed by atoms with E-state index in [0.717, 1.165) is 10.5 Å². The smallest absolute Gasteiger partial charge is 0.262 e. The zero-order valence-corrected chi connectivity index (χ0v) is 21.2. The number of rotatable bonds is 7. The van der Waals surface area contributed by atoms with E-state index in [1.165, 1.54) is 50.2 Å². The summed E-state index contributed by atoms with van der Waals surface area (Å²) < 4.78 is 16.5. The average molecular weight is 536 g/mol. The second-order valence-corrected chi connectivity index (χ2v) is 9.62. The Balaban J connectivity index is 1.51. The highest BCUT2D eigenvalue weighted by Gasteiger charge is 2.23. The molecule has 34 heavy (non-hydrogen) atoms. The number of ether oxygens (including phenoxy) is 2. The lowest BCUT2D eigenvalue weighted by Gasteiger charge is -2.20. The van der Waals surface area contributed by atoms with Gasteiger partial charge in [0.15, 0.2) is 0 Å². The molecule has 0 unspecified atom stereocenters. The first-order valence-electron chi connectivity index (χ1n) is 9.92. The standard InChI is InChI=1S/C24H19Cl2NO5S2/c1-30-20-8-13(28)9-21(31-2)15(20)11-23-24(29)27-19-10-14(6-7-22(19)34-23)32-33-12-16-17(25)4-3-5-18(16)26/h3-11,28H,12H2,1-2H3,(H,27,29)/b23-11-. The van der Waals surface area contributed by atoms with Gasteiger partial charge >= 0.3 is 0 Å². The summed E-state index contributed by atoms with van der Waals surface area (Å²) in [5, 5.41) is 13.9. The zero-order valence-electron chi connectivity index (χ0n) is 18.1. The number of hydrogen-bond donors (Lipinski definition) is 2. The van der Waals surface area contributed by atoms with E-state index in [4.69, 9.17) is 36.9 Å². The van der Waals surface area contributed by atoms with Crippen LogP contribution in [0.3, 0.4) is 0 Å². The lowest BCUT2D eigenvalue weighted by atomic mass is 10.1. The Morgan fingerprint density at radius 1 is 1.06 bits per heavy atom. The van der Waals surface area contributed by atoms with Crippen molar-refractivity contribution in [1.82, 2.24) is 0 Å². The number of carbonyl (C=O) groups excluding carboxylic acids is 1. The molecule has 0 fully saturated rings. The van der Waals surface area contributed by atoms with E-state index in [-0.39, 0.29) is 11.7 Å². The highest BCUT2D eigenvalue weighted by Crippen LogP contribution is 2.43. The molecule has 1 aliphatic rings. The fourth-order valence-electron chi connectivity index (χ4n) is 3.22. The van der Waals surface area contributed by atoms with Gasteiger partial charge in [-0.3, -0.25) is 4.79 Å². The largest absolute Gasteiger partial charge is 0.508 e. The molecule has 0 bridgehead atoms. The minimum atomic E-state index is -0.276. The number of aromatic hydroxyl groups is 1. The Bertz CT molecular complexity index is 1240. The Labute approximate surface area is 215 Å². The Morgan fingerprint density at radius 2 is 1.74 bits per heavy atom. The van der Waals surface area contributed by atoms with Gasteiger partial charge in [-0.25, -0.2) is 0 Å². The molecule has 0 spiro atoms.